The van der Waals surface area contributed by atoms with Gasteiger partial charge in [0.15, 0.2) is 11.6 Å². The summed E-state index contributed by atoms with van der Waals surface area (Å²) in [6.45, 7) is 3.42. The molecule has 10 heteroatoms. The van der Waals surface area contributed by atoms with Gasteiger partial charge in [-0.1, -0.05) is 6.07 Å². The van der Waals surface area contributed by atoms with Gasteiger partial charge in [-0.05, 0) is 37.1 Å². The summed E-state index contributed by atoms with van der Waals surface area (Å²) in [5.74, 6) is 2.08. The fraction of sp³-hybridized carbons (Fsp3) is 0.471. The summed E-state index contributed by atoms with van der Waals surface area (Å²) in [4.78, 5) is 6.26. The van der Waals surface area contributed by atoms with E-state index in [2.05, 4.69) is 25.4 Å². The van der Waals surface area contributed by atoms with Crippen LogP contribution in [0.15, 0.2) is 36.5 Å². The van der Waals surface area contributed by atoms with Crippen molar-refractivity contribution in [2.45, 2.75) is 12.8 Å². The minimum atomic E-state index is -3.32. The van der Waals surface area contributed by atoms with E-state index in [-0.39, 0.29) is 0 Å². The summed E-state index contributed by atoms with van der Waals surface area (Å²) in [6, 6.07) is 9.35. The van der Waals surface area contributed by atoms with Gasteiger partial charge in [-0.3, -0.25) is 0 Å². The van der Waals surface area contributed by atoms with Crippen molar-refractivity contribution in [3.8, 4) is 0 Å². The zero-order valence-electron chi connectivity index (χ0n) is 15.0. The Labute approximate surface area is 159 Å². The zero-order chi connectivity index (χ0) is 18.7. The minimum Gasteiger partial charge on any atom is -0.352 e. The van der Waals surface area contributed by atoms with Gasteiger partial charge in [0.05, 0.1) is 0 Å². The molecule has 9 nitrogen and oxygen atoms in total. The first-order valence-electron chi connectivity index (χ1n) is 9.15. The van der Waals surface area contributed by atoms with Gasteiger partial charge in [0.1, 0.15) is 5.82 Å². The predicted octanol–water partition coefficient (Wildman–Crippen LogP) is 1.08. The molecule has 4 heterocycles. The number of anilines is 3. The van der Waals surface area contributed by atoms with Crippen molar-refractivity contribution in [1.29, 1.82) is 0 Å². The third kappa shape index (κ3) is 4.02. The number of pyridine rings is 1. The van der Waals surface area contributed by atoms with Crippen LogP contribution in [-0.2, 0) is 10.2 Å². The average molecular weight is 389 g/mol. The number of nitrogens with one attached hydrogen (secondary N) is 1. The molecule has 0 atom stereocenters. The molecule has 0 radical (unpaired) electrons. The lowest BCUT2D eigenvalue weighted by molar-refractivity contribution is 0.343. The van der Waals surface area contributed by atoms with Crippen molar-refractivity contribution in [2.75, 3.05) is 49.5 Å². The Balaban J connectivity index is 1.35. The number of piperazine rings is 1. The summed E-state index contributed by atoms with van der Waals surface area (Å²) in [7, 11) is -3.32. The lowest BCUT2D eigenvalue weighted by Gasteiger charge is -2.36. The highest BCUT2D eigenvalue weighted by atomic mass is 32.2. The first-order chi connectivity index (χ1) is 13.1. The number of aromatic nitrogens is 3. The number of nitrogens with zero attached hydrogens (tertiary/aromatic N) is 6. The van der Waals surface area contributed by atoms with Gasteiger partial charge >= 0.3 is 0 Å². The summed E-state index contributed by atoms with van der Waals surface area (Å²) < 4.78 is 28.5. The van der Waals surface area contributed by atoms with Crippen LogP contribution >= 0.6 is 0 Å². The maximum Gasteiger partial charge on any atom is 0.282 e. The fourth-order valence-electron chi connectivity index (χ4n) is 3.36. The second-order valence-corrected chi connectivity index (χ2v) is 8.55. The second-order valence-electron chi connectivity index (χ2n) is 6.62. The molecule has 0 unspecified atom stereocenters. The lowest BCUT2D eigenvalue weighted by Crippen LogP contribution is -2.52. The topological polar surface area (TPSA) is 94.6 Å². The molecule has 2 aliphatic rings. The Morgan fingerprint density at radius 2 is 1.56 bits per heavy atom. The molecule has 4 rings (SSSR count). The molecule has 1 N–H and O–H groups in total. The summed E-state index contributed by atoms with van der Waals surface area (Å²) in [5.41, 5.74) is 0. The SMILES string of the molecule is O=S(=O)(N1CCCC1)N1CCN(c2ccc(Nc3ccccn3)nn2)CC1. The van der Waals surface area contributed by atoms with Gasteiger partial charge in [0, 0.05) is 45.5 Å². The molecule has 27 heavy (non-hydrogen) atoms. The van der Waals surface area contributed by atoms with Crippen LogP contribution in [0.25, 0.3) is 0 Å². The maximum absolute atomic E-state index is 12.6. The first-order valence-corrected chi connectivity index (χ1v) is 10.5. The standard InChI is InChI=1S/C17H23N7O2S/c25-27(26,23-9-3-4-10-23)24-13-11-22(12-14-24)17-7-6-16(20-21-17)19-15-5-1-2-8-18-15/h1-2,5-8H,3-4,9-14H2,(H,18,19,20). The predicted molar refractivity (Wildman–Crippen MR) is 103 cm³/mol. The van der Waals surface area contributed by atoms with Crippen LogP contribution in [0, 0.1) is 0 Å². The highest BCUT2D eigenvalue weighted by molar-refractivity contribution is 7.86. The van der Waals surface area contributed by atoms with Crippen LogP contribution < -0.4 is 10.2 Å². The normalized spacial score (nSPS) is 19.3. The third-order valence-corrected chi connectivity index (χ3v) is 6.89. The van der Waals surface area contributed by atoms with Gasteiger partial charge in [0.2, 0.25) is 0 Å². The van der Waals surface area contributed by atoms with E-state index in [9.17, 15) is 8.42 Å². The maximum atomic E-state index is 12.6. The molecule has 0 saturated carbocycles. The Morgan fingerprint density at radius 3 is 2.19 bits per heavy atom. The smallest absolute Gasteiger partial charge is 0.282 e. The van der Waals surface area contributed by atoms with Crippen molar-refractivity contribution in [1.82, 2.24) is 23.8 Å². The number of hydrogen-bond acceptors (Lipinski definition) is 7. The van der Waals surface area contributed by atoms with Crippen LogP contribution in [0.3, 0.4) is 0 Å². The van der Waals surface area contributed by atoms with Crippen molar-refractivity contribution < 1.29 is 8.42 Å². The Kier molecular flexibility index (Phi) is 5.19. The summed E-state index contributed by atoms with van der Waals surface area (Å²) in [6.07, 6.45) is 3.61. The van der Waals surface area contributed by atoms with E-state index in [1.54, 1.807) is 14.8 Å². The van der Waals surface area contributed by atoms with Gasteiger partial charge in [-0.2, -0.15) is 17.0 Å². The van der Waals surface area contributed by atoms with E-state index in [0.29, 0.717) is 50.9 Å². The van der Waals surface area contributed by atoms with Gasteiger partial charge in [-0.15, -0.1) is 10.2 Å². The largest absolute Gasteiger partial charge is 0.352 e. The average Bonchev–Trinajstić information content (AvgIpc) is 3.25. The zero-order valence-corrected chi connectivity index (χ0v) is 15.8. The van der Waals surface area contributed by atoms with E-state index >= 15 is 0 Å². The molecule has 2 fully saturated rings. The molecular weight excluding hydrogens is 366 g/mol. The van der Waals surface area contributed by atoms with Gasteiger partial charge in [0.25, 0.3) is 10.2 Å². The van der Waals surface area contributed by atoms with E-state index in [0.717, 1.165) is 18.7 Å². The van der Waals surface area contributed by atoms with Crippen molar-refractivity contribution >= 4 is 27.7 Å². The van der Waals surface area contributed by atoms with E-state index in [1.807, 2.05) is 30.3 Å². The van der Waals surface area contributed by atoms with Crippen LogP contribution in [0.5, 0.6) is 0 Å². The van der Waals surface area contributed by atoms with Crippen molar-refractivity contribution in [3.05, 3.63) is 36.5 Å². The summed E-state index contributed by atoms with van der Waals surface area (Å²) in [5, 5.41) is 11.6. The molecule has 0 amide bonds. The summed E-state index contributed by atoms with van der Waals surface area (Å²) >= 11 is 0. The van der Waals surface area contributed by atoms with Crippen LogP contribution in [0.1, 0.15) is 12.8 Å². The monoisotopic (exact) mass is 389 g/mol. The molecular formula is C17H23N7O2S. The fourth-order valence-corrected chi connectivity index (χ4v) is 5.03. The highest BCUT2D eigenvalue weighted by Gasteiger charge is 2.33. The third-order valence-electron chi connectivity index (χ3n) is 4.85. The highest BCUT2D eigenvalue weighted by Crippen LogP contribution is 2.20. The quantitative estimate of drug-likeness (QED) is 0.817. The lowest BCUT2D eigenvalue weighted by atomic mass is 10.3. The first kappa shape index (κ1) is 18.1. The molecule has 2 aromatic heterocycles. The van der Waals surface area contributed by atoms with Gasteiger partial charge < -0.3 is 10.2 Å². The molecule has 0 aromatic carbocycles. The van der Waals surface area contributed by atoms with Crippen LogP contribution in [-0.4, -0.2) is 71.5 Å². The minimum absolute atomic E-state index is 0.467. The van der Waals surface area contributed by atoms with Crippen LogP contribution in [0.4, 0.5) is 17.5 Å². The van der Waals surface area contributed by atoms with E-state index < -0.39 is 10.2 Å². The molecule has 0 aliphatic carbocycles. The number of rotatable bonds is 5. The van der Waals surface area contributed by atoms with E-state index in [4.69, 9.17) is 0 Å². The molecule has 144 valence electrons. The Hall–Kier alpha value is -2.30. The van der Waals surface area contributed by atoms with Crippen LogP contribution in [0.2, 0.25) is 0 Å². The molecule has 2 saturated heterocycles. The van der Waals surface area contributed by atoms with E-state index in [1.165, 1.54) is 0 Å². The van der Waals surface area contributed by atoms with Gasteiger partial charge in [-0.25, -0.2) is 4.98 Å². The molecule has 0 bridgehead atoms. The number of hydrogen-bond donors (Lipinski definition) is 1. The Bertz CT molecular complexity index is 847. The Morgan fingerprint density at radius 1 is 0.815 bits per heavy atom. The molecule has 2 aromatic rings. The molecule has 0 spiro atoms. The van der Waals surface area contributed by atoms with Crippen molar-refractivity contribution in [3.63, 3.8) is 0 Å². The van der Waals surface area contributed by atoms with Crippen molar-refractivity contribution in [2.24, 2.45) is 0 Å². The second kappa shape index (κ2) is 7.75. The molecule has 2 aliphatic heterocycles.